The third kappa shape index (κ3) is 3.74. The summed E-state index contributed by atoms with van der Waals surface area (Å²) in [5.74, 6) is 0.0235. The molecule has 100 valence electrons. The molecule has 0 aliphatic rings. The highest BCUT2D eigenvalue weighted by Gasteiger charge is 2.13. The lowest BCUT2D eigenvalue weighted by molar-refractivity contribution is -0.120. The van der Waals surface area contributed by atoms with Gasteiger partial charge >= 0.3 is 0 Å². The number of aliphatic hydroxyl groups excluding tert-OH is 1. The molecule has 0 aromatic heterocycles. The molecule has 4 heteroatoms. The molecule has 1 atom stereocenters. The Morgan fingerprint density at radius 2 is 2.11 bits per heavy atom. The average molecular weight is 250 g/mol. The number of carbonyl (C=O) groups excluding carboxylic acids is 1. The summed E-state index contributed by atoms with van der Waals surface area (Å²) in [4.78, 5) is 13.2. The van der Waals surface area contributed by atoms with Gasteiger partial charge in [0, 0.05) is 38.3 Å². The minimum Gasteiger partial charge on any atom is -0.388 e. The fraction of sp³-hybridized carbons (Fsp3) is 0.500. The number of hydrogen-bond donors (Lipinski definition) is 2. The Labute approximate surface area is 109 Å². The quantitative estimate of drug-likeness (QED) is 0.808. The van der Waals surface area contributed by atoms with Crippen molar-refractivity contribution in [1.82, 2.24) is 5.32 Å². The van der Waals surface area contributed by atoms with Crippen LogP contribution in [-0.2, 0) is 4.79 Å². The number of carbonyl (C=O) groups is 1. The van der Waals surface area contributed by atoms with E-state index >= 15 is 0 Å². The van der Waals surface area contributed by atoms with E-state index in [1.807, 2.05) is 43.1 Å². The largest absolute Gasteiger partial charge is 0.388 e. The minimum absolute atomic E-state index is 0.0235. The summed E-state index contributed by atoms with van der Waals surface area (Å²) in [6.45, 7) is 2.58. The lowest BCUT2D eigenvalue weighted by atomic mass is 10.0. The van der Waals surface area contributed by atoms with Gasteiger partial charge < -0.3 is 15.3 Å². The minimum atomic E-state index is -0.455. The average Bonchev–Trinajstić information content (AvgIpc) is 2.43. The summed E-state index contributed by atoms with van der Waals surface area (Å²) in [6.07, 6.45) is 0.674. The molecule has 0 radical (unpaired) electrons. The fourth-order valence-corrected chi connectivity index (χ4v) is 1.85. The second-order valence-corrected chi connectivity index (χ2v) is 4.33. The van der Waals surface area contributed by atoms with Gasteiger partial charge in [-0.05, 0) is 12.5 Å². The van der Waals surface area contributed by atoms with Gasteiger partial charge in [0.15, 0.2) is 0 Å². The predicted molar refractivity (Wildman–Crippen MR) is 73.6 cm³/mol. The summed E-state index contributed by atoms with van der Waals surface area (Å²) in [6, 6.07) is 7.76. The highest BCUT2D eigenvalue weighted by Crippen LogP contribution is 2.27. The number of anilines is 1. The summed E-state index contributed by atoms with van der Waals surface area (Å²) in [5, 5.41) is 12.6. The maximum atomic E-state index is 11.2. The number of para-hydroxylation sites is 1. The van der Waals surface area contributed by atoms with Crippen LogP contribution in [0.1, 0.15) is 31.4 Å². The van der Waals surface area contributed by atoms with Gasteiger partial charge in [-0.15, -0.1) is 0 Å². The van der Waals surface area contributed by atoms with E-state index in [0.717, 1.165) is 11.3 Å². The number of nitrogens with zero attached hydrogens (tertiary/aromatic N) is 1. The van der Waals surface area contributed by atoms with Crippen molar-refractivity contribution in [2.45, 2.75) is 25.9 Å². The Morgan fingerprint density at radius 1 is 1.44 bits per heavy atom. The Bertz CT molecular complexity index is 393. The van der Waals surface area contributed by atoms with Gasteiger partial charge in [-0.2, -0.15) is 0 Å². The molecule has 0 aliphatic heterocycles. The van der Waals surface area contributed by atoms with Crippen molar-refractivity contribution in [1.29, 1.82) is 0 Å². The second-order valence-electron chi connectivity index (χ2n) is 4.33. The van der Waals surface area contributed by atoms with Crippen molar-refractivity contribution in [2.75, 3.05) is 25.5 Å². The van der Waals surface area contributed by atoms with Crippen molar-refractivity contribution in [3.8, 4) is 0 Å². The van der Waals surface area contributed by atoms with Gasteiger partial charge in [0.25, 0.3) is 0 Å². The third-order valence-electron chi connectivity index (χ3n) is 3.05. The number of hydrogen-bond acceptors (Lipinski definition) is 3. The lowest BCUT2D eigenvalue weighted by Gasteiger charge is -2.24. The van der Waals surface area contributed by atoms with Crippen LogP contribution in [0.15, 0.2) is 24.3 Å². The first-order chi connectivity index (χ1) is 8.60. The molecule has 0 saturated carbocycles. The van der Waals surface area contributed by atoms with E-state index in [4.69, 9.17) is 0 Å². The van der Waals surface area contributed by atoms with Gasteiger partial charge in [-0.25, -0.2) is 0 Å². The molecule has 0 heterocycles. The predicted octanol–water partition coefficient (Wildman–Crippen LogP) is 1.70. The molecule has 0 fully saturated rings. The van der Waals surface area contributed by atoms with Gasteiger partial charge in [0.05, 0.1) is 6.10 Å². The normalized spacial score (nSPS) is 12.0. The SMILES string of the molecule is CC[C@H](O)c1ccccc1N(C)CCC(=O)NC. The molecule has 18 heavy (non-hydrogen) atoms. The van der Waals surface area contributed by atoms with Crippen molar-refractivity contribution >= 4 is 11.6 Å². The second kappa shape index (κ2) is 7.01. The number of amides is 1. The molecule has 1 amide bonds. The van der Waals surface area contributed by atoms with E-state index in [1.54, 1.807) is 7.05 Å². The number of rotatable bonds is 6. The summed E-state index contributed by atoms with van der Waals surface area (Å²) in [5.41, 5.74) is 1.90. The topological polar surface area (TPSA) is 52.6 Å². The van der Waals surface area contributed by atoms with Crippen molar-refractivity contribution in [3.63, 3.8) is 0 Å². The number of benzene rings is 1. The molecule has 2 N–H and O–H groups in total. The van der Waals surface area contributed by atoms with Crippen molar-refractivity contribution < 1.29 is 9.90 Å². The highest BCUT2D eigenvalue weighted by atomic mass is 16.3. The van der Waals surface area contributed by atoms with Gasteiger partial charge in [-0.3, -0.25) is 4.79 Å². The summed E-state index contributed by atoms with van der Waals surface area (Å²) >= 11 is 0. The third-order valence-corrected chi connectivity index (χ3v) is 3.05. The van der Waals surface area contributed by atoms with Gasteiger partial charge in [0.2, 0.25) is 5.91 Å². The van der Waals surface area contributed by atoms with Crippen molar-refractivity contribution in [2.24, 2.45) is 0 Å². The first kappa shape index (κ1) is 14.5. The fourth-order valence-electron chi connectivity index (χ4n) is 1.85. The zero-order valence-corrected chi connectivity index (χ0v) is 11.3. The molecule has 0 spiro atoms. The van der Waals surface area contributed by atoms with E-state index in [0.29, 0.717) is 19.4 Å². The van der Waals surface area contributed by atoms with Crippen LogP contribution in [0.2, 0.25) is 0 Å². The zero-order valence-electron chi connectivity index (χ0n) is 11.3. The maximum absolute atomic E-state index is 11.2. The van der Waals surface area contributed by atoms with Crippen LogP contribution in [0.3, 0.4) is 0 Å². The van der Waals surface area contributed by atoms with Crippen LogP contribution in [0, 0.1) is 0 Å². The molecular weight excluding hydrogens is 228 g/mol. The zero-order chi connectivity index (χ0) is 13.5. The Kier molecular flexibility index (Phi) is 5.65. The van der Waals surface area contributed by atoms with Crippen molar-refractivity contribution in [3.05, 3.63) is 29.8 Å². The standard InChI is InChI=1S/C14H22N2O2/c1-4-13(17)11-7-5-6-8-12(11)16(3)10-9-14(18)15-2/h5-8,13,17H,4,9-10H2,1-3H3,(H,15,18)/t13-/m0/s1. The molecule has 1 aromatic rings. The van der Waals surface area contributed by atoms with E-state index in [9.17, 15) is 9.90 Å². The van der Waals surface area contributed by atoms with Crippen LogP contribution in [-0.4, -0.2) is 31.7 Å². The highest BCUT2D eigenvalue weighted by molar-refractivity contribution is 5.76. The maximum Gasteiger partial charge on any atom is 0.221 e. The van der Waals surface area contributed by atoms with Crippen LogP contribution in [0.25, 0.3) is 0 Å². The molecule has 1 rings (SSSR count). The van der Waals surface area contributed by atoms with E-state index in [1.165, 1.54) is 0 Å². The summed E-state index contributed by atoms with van der Waals surface area (Å²) < 4.78 is 0. The molecule has 0 saturated heterocycles. The Balaban J connectivity index is 2.78. The number of nitrogens with one attached hydrogen (secondary N) is 1. The van der Waals surface area contributed by atoms with E-state index in [2.05, 4.69) is 5.32 Å². The van der Waals surface area contributed by atoms with Crippen LogP contribution >= 0.6 is 0 Å². The van der Waals surface area contributed by atoms with Crippen LogP contribution < -0.4 is 10.2 Å². The molecule has 0 aliphatic carbocycles. The Morgan fingerprint density at radius 3 is 2.72 bits per heavy atom. The first-order valence-electron chi connectivity index (χ1n) is 6.28. The molecule has 0 bridgehead atoms. The van der Waals surface area contributed by atoms with Gasteiger partial charge in [-0.1, -0.05) is 25.1 Å². The summed E-state index contributed by atoms with van der Waals surface area (Å²) in [7, 11) is 3.57. The smallest absolute Gasteiger partial charge is 0.221 e. The van der Waals surface area contributed by atoms with Crippen LogP contribution in [0.5, 0.6) is 0 Å². The monoisotopic (exact) mass is 250 g/mol. The Hall–Kier alpha value is -1.55. The van der Waals surface area contributed by atoms with E-state index in [-0.39, 0.29) is 5.91 Å². The lowest BCUT2D eigenvalue weighted by Crippen LogP contribution is -2.27. The van der Waals surface area contributed by atoms with E-state index < -0.39 is 6.10 Å². The van der Waals surface area contributed by atoms with Crippen LogP contribution in [0.4, 0.5) is 5.69 Å². The molecule has 4 nitrogen and oxygen atoms in total. The molecule has 0 unspecified atom stereocenters. The first-order valence-corrected chi connectivity index (χ1v) is 6.28. The molecular formula is C14H22N2O2. The molecule has 1 aromatic carbocycles. The number of aliphatic hydroxyl groups is 1. The van der Waals surface area contributed by atoms with Gasteiger partial charge in [0.1, 0.15) is 0 Å².